The third-order valence-corrected chi connectivity index (χ3v) is 4.22. The van der Waals surface area contributed by atoms with Gasteiger partial charge in [-0.15, -0.1) is 5.10 Å². The van der Waals surface area contributed by atoms with Crippen molar-refractivity contribution in [2.75, 3.05) is 5.75 Å². The molecule has 0 aliphatic heterocycles. The van der Waals surface area contributed by atoms with Gasteiger partial charge in [0.25, 0.3) is 0 Å². The van der Waals surface area contributed by atoms with Crippen LogP contribution in [0.4, 0.5) is 0 Å². The summed E-state index contributed by atoms with van der Waals surface area (Å²) in [4.78, 5) is 16.4. The van der Waals surface area contributed by atoms with E-state index in [9.17, 15) is 9.90 Å². The summed E-state index contributed by atoms with van der Waals surface area (Å²) in [6.07, 6.45) is 0. The Bertz CT molecular complexity index is 833. The molecule has 0 aliphatic rings. The highest BCUT2D eigenvalue weighted by molar-refractivity contribution is 7.99. The number of aromatic hydroxyl groups is 1. The predicted octanol–water partition coefficient (Wildman–Crippen LogP) is 3.81. The van der Waals surface area contributed by atoms with E-state index >= 15 is 0 Å². The number of hydrogen-bond acceptors (Lipinski definition) is 5. The minimum atomic E-state index is -0.0272. The van der Waals surface area contributed by atoms with Crippen molar-refractivity contribution in [3.63, 3.8) is 0 Å². The summed E-state index contributed by atoms with van der Waals surface area (Å²) in [5, 5.41) is 17.7. The second kappa shape index (κ2) is 6.85. The number of H-pyrrole nitrogens is 1. The molecule has 0 spiro atoms. The molecule has 0 amide bonds. The summed E-state index contributed by atoms with van der Waals surface area (Å²) >= 11 is 7.03. The lowest BCUT2D eigenvalue weighted by atomic mass is 10.1. The first-order valence-corrected chi connectivity index (χ1v) is 8.12. The Kier molecular flexibility index (Phi) is 4.64. The van der Waals surface area contributed by atoms with E-state index in [1.165, 1.54) is 11.8 Å². The van der Waals surface area contributed by atoms with E-state index in [1.54, 1.807) is 48.5 Å². The number of nitrogens with one attached hydrogen (secondary N) is 1. The average molecular weight is 346 g/mol. The van der Waals surface area contributed by atoms with Gasteiger partial charge in [0.05, 0.1) is 11.3 Å². The van der Waals surface area contributed by atoms with E-state index in [0.717, 1.165) is 0 Å². The molecule has 23 heavy (non-hydrogen) atoms. The number of hydrogen-bond donors (Lipinski definition) is 2. The number of phenolic OH excluding ortho intramolecular Hbond substituents is 1. The summed E-state index contributed by atoms with van der Waals surface area (Å²) in [5.74, 6) is 0.780. The summed E-state index contributed by atoms with van der Waals surface area (Å²) in [5.41, 5.74) is 1.16. The minimum absolute atomic E-state index is 0.0272. The number of benzene rings is 2. The molecule has 2 aromatic carbocycles. The standard InChI is InChI=1S/C16H12ClN3O2S/c17-11-7-5-10(6-8-11)14(22)9-23-16-18-15(19-20-16)12-3-1-2-4-13(12)21/h1-8,21H,9H2,(H,18,19,20). The molecule has 0 saturated heterocycles. The highest BCUT2D eigenvalue weighted by atomic mass is 35.5. The third kappa shape index (κ3) is 3.72. The van der Waals surface area contributed by atoms with Gasteiger partial charge in [-0.2, -0.15) is 0 Å². The van der Waals surface area contributed by atoms with E-state index in [4.69, 9.17) is 11.6 Å². The van der Waals surface area contributed by atoms with Crippen LogP contribution >= 0.6 is 23.4 Å². The first-order valence-electron chi connectivity index (χ1n) is 6.76. The van der Waals surface area contributed by atoms with Crippen LogP contribution in [-0.2, 0) is 0 Å². The van der Waals surface area contributed by atoms with Crippen LogP contribution in [0.5, 0.6) is 5.75 Å². The van der Waals surface area contributed by atoms with Gasteiger partial charge in [0.1, 0.15) is 5.75 Å². The van der Waals surface area contributed by atoms with Gasteiger partial charge < -0.3 is 5.11 Å². The maximum Gasteiger partial charge on any atom is 0.209 e. The second-order valence-electron chi connectivity index (χ2n) is 4.70. The number of para-hydroxylation sites is 1. The summed E-state index contributed by atoms with van der Waals surface area (Å²) in [6.45, 7) is 0. The SMILES string of the molecule is O=C(CSc1n[nH]c(-c2ccccc2O)n1)c1ccc(Cl)cc1. The Morgan fingerprint density at radius 3 is 2.65 bits per heavy atom. The van der Waals surface area contributed by atoms with Gasteiger partial charge >= 0.3 is 0 Å². The Morgan fingerprint density at radius 2 is 1.91 bits per heavy atom. The normalized spacial score (nSPS) is 10.7. The number of aromatic amines is 1. The van der Waals surface area contributed by atoms with E-state index in [-0.39, 0.29) is 17.3 Å². The Morgan fingerprint density at radius 1 is 1.17 bits per heavy atom. The molecule has 0 bridgehead atoms. The van der Waals surface area contributed by atoms with Gasteiger partial charge in [-0.1, -0.05) is 35.5 Å². The zero-order valence-corrected chi connectivity index (χ0v) is 13.4. The molecule has 0 saturated carbocycles. The molecule has 0 unspecified atom stereocenters. The monoisotopic (exact) mass is 345 g/mol. The quantitative estimate of drug-likeness (QED) is 0.543. The molecule has 1 aromatic heterocycles. The van der Waals surface area contributed by atoms with Crippen molar-refractivity contribution in [1.29, 1.82) is 0 Å². The van der Waals surface area contributed by atoms with Gasteiger partial charge in [-0.25, -0.2) is 4.98 Å². The van der Waals surface area contributed by atoms with E-state index in [1.807, 2.05) is 0 Å². The topological polar surface area (TPSA) is 78.9 Å². The minimum Gasteiger partial charge on any atom is -0.507 e. The van der Waals surface area contributed by atoms with Crippen molar-refractivity contribution in [2.24, 2.45) is 0 Å². The van der Waals surface area contributed by atoms with Crippen LogP contribution in [0.25, 0.3) is 11.4 Å². The van der Waals surface area contributed by atoms with E-state index in [0.29, 0.717) is 27.1 Å². The molecule has 0 aliphatic carbocycles. The predicted molar refractivity (Wildman–Crippen MR) is 90.0 cm³/mol. The molecule has 2 N–H and O–H groups in total. The van der Waals surface area contributed by atoms with Crippen LogP contribution in [0.15, 0.2) is 53.7 Å². The van der Waals surface area contributed by atoms with Crippen molar-refractivity contribution in [2.45, 2.75) is 5.16 Å². The molecule has 0 fully saturated rings. The summed E-state index contributed by atoms with van der Waals surface area (Å²) in [6, 6.07) is 13.6. The average Bonchev–Trinajstić information content (AvgIpc) is 3.02. The molecule has 3 rings (SSSR count). The van der Waals surface area contributed by atoms with Crippen LogP contribution in [-0.4, -0.2) is 31.8 Å². The van der Waals surface area contributed by atoms with Gasteiger partial charge in [-0.05, 0) is 36.4 Å². The van der Waals surface area contributed by atoms with Crippen molar-refractivity contribution in [1.82, 2.24) is 15.2 Å². The fourth-order valence-corrected chi connectivity index (χ4v) is 2.77. The van der Waals surface area contributed by atoms with Crippen molar-refractivity contribution in [3.8, 4) is 17.1 Å². The van der Waals surface area contributed by atoms with Crippen LogP contribution in [0.1, 0.15) is 10.4 Å². The van der Waals surface area contributed by atoms with Crippen molar-refractivity contribution in [3.05, 3.63) is 59.1 Å². The molecular weight excluding hydrogens is 334 g/mol. The van der Waals surface area contributed by atoms with Gasteiger partial charge in [0.15, 0.2) is 11.6 Å². The lowest BCUT2D eigenvalue weighted by Crippen LogP contribution is -2.02. The number of ketones is 1. The number of carbonyl (C=O) groups is 1. The van der Waals surface area contributed by atoms with Crippen LogP contribution < -0.4 is 0 Å². The molecule has 0 atom stereocenters. The molecule has 7 heteroatoms. The van der Waals surface area contributed by atoms with Crippen molar-refractivity contribution >= 4 is 29.1 Å². The van der Waals surface area contributed by atoms with Crippen molar-refractivity contribution < 1.29 is 9.90 Å². The fraction of sp³-hybridized carbons (Fsp3) is 0.0625. The van der Waals surface area contributed by atoms with Gasteiger partial charge in [-0.3, -0.25) is 9.89 Å². The van der Waals surface area contributed by atoms with Crippen LogP contribution in [0.3, 0.4) is 0 Å². The number of nitrogens with zero attached hydrogens (tertiary/aromatic N) is 2. The smallest absolute Gasteiger partial charge is 0.209 e. The summed E-state index contributed by atoms with van der Waals surface area (Å²) in [7, 11) is 0. The molecule has 0 radical (unpaired) electrons. The number of phenols is 1. The third-order valence-electron chi connectivity index (χ3n) is 3.12. The highest BCUT2D eigenvalue weighted by Crippen LogP contribution is 2.27. The largest absolute Gasteiger partial charge is 0.507 e. The second-order valence-corrected chi connectivity index (χ2v) is 6.08. The fourth-order valence-electron chi connectivity index (χ4n) is 1.95. The van der Waals surface area contributed by atoms with E-state index < -0.39 is 0 Å². The van der Waals surface area contributed by atoms with Gasteiger partial charge in [0, 0.05) is 10.6 Å². The number of rotatable bonds is 5. The number of halogens is 1. The lowest BCUT2D eigenvalue weighted by molar-refractivity contribution is 0.102. The molecule has 116 valence electrons. The highest BCUT2D eigenvalue weighted by Gasteiger charge is 2.12. The zero-order valence-electron chi connectivity index (χ0n) is 11.9. The Balaban J connectivity index is 1.67. The van der Waals surface area contributed by atoms with E-state index in [2.05, 4.69) is 15.2 Å². The summed E-state index contributed by atoms with van der Waals surface area (Å²) < 4.78 is 0. The molecule has 1 heterocycles. The maximum absolute atomic E-state index is 12.1. The number of carbonyl (C=O) groups excluding carboxylic acids is 1. The van der Waals surface area contributed by atoms with Crippen LogP contribution in [0, 0.1) is 0 Å². The number of Topliss-reactive ketones (excluding diaryl/α,β-unsaturated/α-hetero) is 1. The number of aromatic nitrogens is 3. The molecule has 5 nitrogen and oxygen atoms in total. The van der Waals surface area contributed by atoms with Crippen LogP contribution in [0.2, 0.25) is 5.02 Å². The van der Waals surface area contributed by atoms with Gasteiger partial charge in [0.2, 0.25) is 5.16 Å². The Labute approximate surface area is 141 Å². The number of thioether (sulfide) groups is 1. The first kappa shape index (κ1) is 15.6. The first-order chi connectivity index (χ1) is 11.1. The Hall–Kier alpha value is -2.31. The maximum atomic E-state index is 12.1. The lowest BCUT2D eigenvalue weighted by Gasteiger charge is -1.99. The zero-order chi connectivity index (χ0) is 16.2. The molecular formula is C16H12ClN3O2S. The molecule has 3 aromatic rings.